The average molecular weight is 423 g/mol. The van der Waals surface area contributed by atoms with Crippen LogP contribution in [0.5, 0.6) is 0 Å². The summed E-state index contributed by atoms with van der Waals surface area (Å²) in [6, 6.07) is 7.61. The van der Waals surface area contributed by atoms with Crippen LogP contribution in [0.25, 0.3) is 0 Å². The van der Waals surface area contributed by atoms with Crippen molar-refractivity contribution in [2.45, 2.75) is 56.9 Å². The number of nitrogens with zero attached hydrogens (tertiary/aromatic N) is 2. The average Bonchev–Trinajstić information content (AvgIpc) is 2.95. The van der Waals surface area contributed by atoms with Gasteiger partial charge in [-0.25, -0.2) is 8.42 Å². The fourth-order valence-electron chi connectivity index (χ4n) is 3.86. The lowest BCUT2D eigenvalue weighted by Crippen LogP contribution is -2.50. The Morgan fingerprint density at radius 2 is 1.69 bits per heavy atom. The van der Waals surface area contributed by atoms with E-state index in [-0.39, 0.29) is 0 Å². The monoisotopic (exact) mass is 422 g/mol. The normalized spacial score (nSPS) is 17.8. The lowest BCUT2D eigenvalue weighted by Gasteiger charge is -2.34. The van der Waals surface area contributed by atoms with Gasteiger partial charge in [-0.3, -0.25) is 9.89 Å². The predicted octanol–water partition coefficient (Wildman–Crippen LogP) is 2.70. The molecule has 7 heteroatoms. The molecule has 1 heterocycles. The van der Waals surface area contributed by atoms with Crippen molar-refractivity contribution >= 4 is 15.8 Å². The Kier molecular flexibility index (Phi) is 9.43. The number of hydrogen-bond donors (Lipinski definition) is 2. The molecule has 164 valence electrons. The summed E-state index contributed by atoms with van der Waals surface area (Å²) in [6.07, 6.45) is 7.34. The van der Waals surface area contributed by atoms with E-state index in [9.17, 15) is 8.42 Å². The highest BCUT2D eigenvalue weighted by atomic mass is 32.2. The zero-order valence-corrected chi connectivity index (χ0v) is 19.3. The summed E-state index contributed by atoms with van der Waals surface area (Å²) in [7, 11) is -1.34. The highest BCUT2D eigenvalue weighted by Crippen LogP contribution is 2.17. The molecule has 29 heavy (non-hydrogen) atoms. The smallest absolute Gasteiger partial charge is 0.191 e. The third-order valence-corrected chi connectivity index (χ3v) is 6.77. The van der Waals surface area contributed by atoms with Crippen LogP contribution >= 0.6 is 0 Å². The maximum Gasteiger partial charge on any atom is 0.191 e. The highest BCUT2D eigenvalue weighted by Gasteiger charge is 2.22. The van der Waals surface area contributed by atoms with Gasteiger partial charge in [-0.05, 0) is 56.0 Å². The van der Waals surface area contributed by atoms with Crippen LogP contribution in [0.4, 0.5) is 0 Å². The molecule has 1 aliphatic rings. The molecule has 0 aromatic heterocycles. The Balaban J connectivity index is 1.81. The Morgan fingerprint density at radius 1 is 1.07 bits per heavy atom. The van der Waals surface area contributed by atoms with Crippen LogP contribution in [0.15, 0.2) is 34.2 Å². The van der Waals surface area contributed by atoms with Gasteiger partial charge in [-0.15, -0.1) is 0 Å². The van der Waals surface area contributed by atoms with Gasteiger partial charge in [0.25, 0.3) is 0 Å². The van der Waals surface area contributed by atoms with Crippen LogP contribution in [0.2, 0.25) is 0 Å². The first-order valence-corrected chi connectivity index (χ1v) is 12.7. The van der Waals surface area contributed by atoms with Crippen molar-refractivity contribution in [2.75, 3.05) is 39.5 Å². The predicted molar refractivity (Wildman–Crippen MR) is 121 cm³/mol. The number of guanidine groups is 1. The molecule has 1 atom stereocenters. The van der Waals surface area contributed by atoms with Crippen molar-refractivity contribution in [1.82, 2.24) is 15.5 Å². The lowest BCUT2D eigenvalue weighted by molar-refractivity contribution is 0.161. The summed E-state index contributed by atoms with van der Waals surface area (Å²) in [5.74, 6) is 1.41. The van der Waals surface area contributed by atoms with E-state index in [1.54, 1.807) is 19.2 Å². The maximum atomic E-state index is 11.6. The topological polar surface area (TPSA) is 73.8 Å². The molecular formula is C22H38N4O2S. The van der Waals surface area contributed by atoms with Gasteiger partial charge >= 0.3 is 0 Å². The van der Waals surface area contributed by atoms with Gasteiger partial charge in [0, 0.05) is 32.4 Å². The standard InChI is InChI=1S/C22H38N4O2S/c1-18(2)21(26-15-7-5-6-8-16-26)17-25-22(23-3)24-14-13-19-9-11-20(12-10-19)29(4,27)28/h9-12,18,21H,5-8,13-17H2,1-4H3,(H2,23,24,25). The first kappa shape index (κ1) is 23.7. The van der Waals surface area contributed by atoms with Crippen molar-refractivity contribution in [1.29, 1.82) is 0 Å². The Hall–Kier alpha value is -1.60. The van der Waals surface area contributed by atoms with E-state index >= 15 is 0 Å². The number of hydrogen-bond acceptors (Lipinski definition) is 4. The second kappa shape index (κ2) is 11.6. The highest BCUT2D eigenvalue weighted by molar-refractivity contribution is 7.90. The number of benzene rings is 1. The maximum absolute atomic E-state index is 11.6. The van der Waals surface area contributed by atoms with Crippen molar-refractivity contribution in [3.63, 3.8) is 0 Å². The summed E-state index contributed by atoms with van der Waals surface area (Å²) in [5.41, 5.74) is 1.10. The molecule has 0 saturated carbocycles. The summed E-state index contributed by atoms with van der Waals surface area (Å²) >= 11 is 0. The van der Waals surface area contributed by atoms with Crippen LogP contribution in [0.1, 0.15) is 45.1 Å². The SMILES string of the molecule is CN=C(NCCc1ccc(S(C)(=O)=O)cc1)NCC(C(C)C)N1CCCCCC1. The zero-order valence-electron chi connectivity index (χ0n) is 18.4. The van der Waals surface area contributed by atoms with Gasteiger partial charge in [0.1, 0.15) is 0 Å². The largest absolute Gasteiger partial charge is 0.356 e. The molecule has 1 aliphatic heterocycles. The van der Waals surface area contributed by atoms with E-state index in [2.05, 4.69) is 34.4 Å². The van der Waals surface area contributed by atoms with Gasteiger partial charge in [-0.1, -0.05) is 38.8 Å². The van der Waals surface area contributed by atoms with Crippen molar-refractivity contribution in [3.8, 4) is 0 Å². The van der Waals surface area contributed by atoms with Crippen molar-refractivity contribution < 1.29 is 8.42 Å². The van der Waals surface area contributed by atoms with Gasteiger partial charge in [0.05, 0.1) is 4.90 Å². The molecule has 1 fully saturated rings. The van der Waals surface area contributed by atoms with Crippen LogP contribution in [-0.4, -0.2) is 64.8 Å². The van der Waals surface area contributed by atoms with Gasteiger partial charge in [0.2, 0.25) is 0 Å². The minimum atomic E-state index is -3.14. The fourth-order valence-corrected chi connectivity index (χ4v) is 4.49. The molecule has 1 saturated heterocycles. The van der Waals surface area contributed by atoms with E-state index in [4.69, 9.17) is 0 Å². The van der Waals surface area contributed by atoms with E-state index < -0.39 is 9.84 Å². The third-order valence-electron chi connectivity index (χ3n) is 5.64. The van der Waals surface area contributed by atoms with E-state index in [0.717, 1.165) is 31.0 Å². The quantitative estimate of drug-likeness (QED) is 0.498. The number of likely N-dealkylation sites (tertiary alicyclic amines) is 1. The number of nitrogens with one attached hydrogen (secondary N) is 2. The molecule has 1 unspecified atom stereocenters. The molecule has 6 nitrogen and oxygen atoms in total. The van der Waals surface area contributed by atoms with Crippen LogP contribution in [0, 0.1) is 5.92 Å². The molecule has 1 aromatic carbocycles. The lowest BCUT2D eigenvalue weighted by atomic mass is 10.0. The first-order chi connectivity index (χ1) is 13.8. The summed E-state index contributed by atoms with van der Waals surface area (Å²) in [5, 5.41) is 6.88. The van der Waals surface area contributed by atoms with Crippen LogP contribution < -0.4 is 10.6 Å². The summed E-state index contributed by atoms with van der Waals surface area (Å²) < 4.78 is 23.1. The Labute approximate surface area is 177 Å². The van der Waals surface area contributed by atoms with Gasteiger partial charge in [0.15, 0.2) is 15.8 Å². The molecule has 0 bridgehead atoms. The molecule has 2 N–H and O–H groups in total. The van der Waals surface area contributed by atoms with Crippen LogP contribution in [0.3, 0.4) is 0 Å². The van der Waals surface area contributed by atoms with E-state index in [1.807, 2.05) is 12.1 Å². The van der Waals surface area contributed by atoms with Gasteiger partial charge in [-0.2, -0.15) is 0 Å². The number of rotatable bonds is 8. The first-order valence-electron chi connectivity index (χ1n) is 10.8. The molecule has 0 spiro atoms. The van der Waals surface area contributed by atoms with Gasteiger partial charge < -0.3 is 10.6 Å². The van der Waals surface area contributed by atoms with Crippen molar-refractivity contribution in [3.05, 3.63) is 29.8 Å². The second-order valence-electron chi connectivity index (χ2n) is 8.31. The summed E-state index contributed by atoms with van der Waals surface area (Å²) in [6.45, 7) is 8.62. The molecule has 0 radical (unpaired) electrons. The molecule has 0 aliphatic carbocycles. The second-order valence-corrected chi connectivity index (χ2v) is 10.3. The van der Waals surface area contributed by atoms with E-state index in [0.29, 0.717) is 16.9 Å². The minimum absolute atomic E-state index is 0.361. The third kappa shape index (κ3) is 7.97. The van der Waals surface area contributed by atoms with Crippen molar-refractivity contribution in [2.24, 2.45) is 10.9 Å². The summed E-state index contributed by atoms with van der Waals surface area (Å²) in [4.78, 5) is 7.36. The fraction of sp³-hybridized carbons (Fsp3) is 0.682. The molecule has 0 amide bonds. The molecule has 2 rings (SSSR count). The Morgan fingerprint density at radius 3 is 2.21 bits per heavy atom. The van der Waals surface area contributed by atoms with E-state index in [1.165, 1.54) is 45.0 Å². The Bertz CT molecular complexity index is 737. The van der Waals surface area contributed by atoms with Crippen LogP contribution in [-0.2, 0) is 16.3 Å². The minimum Gasteiger partial charge on any atom is -0.356 e. The number of aliphatic imine (C=N–C) groups is 1. The number of sulfone groups is 1. The molecular weight excluding hydrogens is 384 g/mol. The zero-order chi connectivity index (χ0) is 21.3. The molecule has 1 aromatic rings.